The van der Waals surface area contributed by atoms with E-state index in [0.29, 0.717) is 38.5 Å². The van der Waals surface area contributed by atoms with E-state index in [1.807, 2.05) is 26.8 Å². The minimum atomic E-state index is -2.25. The number of rotatable bonds is 19. The Balaban J connectivity index is 1.19. The maximum absolute atomic E-state index is 15.5. The van der Waals surface area contributed by atoms with E-state index in [1.54, 1.807) is 0 Å². The Labute approximate surface area is 510 Å². The van der Waals surface area contributed by atoms with Gasteiger partial charge < -0.3 is 88.9 Å². The third-order valence-corrected chi connectivity index (χ3v) is 21.5. The number of hydrogen-bond acceptors (Lipinski definition) is 25. The summed E-state index contributed by atoms with van der Waals surface area (Å²) in [5.41, 5.74) is -2.97. The molecule has 0 radical (unpaired) electrons. The fourth-order valence-corrected chi connectivity index (χ4v) is 16.0. The van der Waals surface area contributed by atoms with E-state index in [2.05, 4.69) is 53.1 Å². The van der Waals surface area contributed by atoms with Crippen molar-refractivity contribution in [1.82, 2.24) is 16.0 Å². The fraction of sp³-hybridized carbons (Fsp3) is 0.800. The standard InChI is InChI=1S/C60H89N3O25/c1-55(2)33-14-17-60(7)46(32(64)22-27-28-26-57(4,19-18-56(28,3)20-21-59(27,60)6)54(78)63-31(51(77)84-13)25-37(67)81-10)58(33,5)16-15-34(55)85-53-45(41(71)40(70)44(87-53)48(74)62-30(50(76)83-12)24-36(66)80-9)88-52-42(72)38(68)39(69)43(86-52)47(73)61-29(49(75)82-11)23-35(65)79-8/h22,28-31,33-34,38-46,52-53,68-72H,14-21,23-26H2,1-13H3,(H,61,73)(H,62,74)(H,63,78)/t28?,29?,30?,31?,33?,34?,38?,39?,40?,41?,42?,43?,44?,45?,46?,52?,53?,56-,57+,58+,59-,60-/m1/s1. The monoisotopic (exact) mass is 1250 g/mol. The molecule has 22 atom stereocenters. The van der Waals surface area contributed by atoms with Crippen LogP contribution in [0, 0.1) is 50.2 Å². The van der Waals surface area contributed by atoms with Gasteiger partial charge in [-0.2, -0.15) is 0 Å². The number of ether oxygens (including phenoxy) is 10. The summed E-state index contributed by atoms with van der Waals surface area (Å²) in [4.78, 5) is 133. The molecule has 8 N–H and O–H groups in total. The minimum absolute atomic E-state index is 0.0516. The molecule has 2 heterocycles. The van der Waals surface area contributed by atoms with Gasteiger partial charge in [-0.3, -0.25) is 33.6 Å². The van der Waals surface area contributed by atoms with E-state index in [-0.39, 0.29) is 29.5 Å². The van der Waals surface area contributed by atoms with Crippen LogP contribution in [0.2, 0.25) is 0 Å². The predicted molar refractivity (Wildman–Crippen MR) is 298 cm³/mol. The molecule has 0 aromatic rings. The highest BCUT2D eigenvalue weighted by Crippen LogP contribution is 2.75. The number of esters is 6. The number of allylic oxidation sites excluding steroid dienone is 2. The molecule has 5 aliphatic carbocycles. The van der Waals surface area contributed by atoms with Crippen LogP contribution in [0.15, 0.2) is 11.6 Å². The van der Waals surface area contributed by atoms with Crippen LogP contribution in [0.5, 0.6) is 0 Å². The topological polar surface area (TPSA) is 400 Å². The molecule has 28 nitrogen and oxygen atoms in total. The molecule has 28 heteroatoms. The number of hydrogen-bond donors (Lipinski definition) is 8. The number of nitrogens with one attached hydrogen (secondary N) is 3. The van der Waals surface area contributed by atoms with Gasteiger partial charge in [0.2, 0.25) is 5.91 Å². The van der Waals surface area contributed by atoms with Crippen LogP contribution in [-0.4, -0.2) is 213 Å². The van der Waals surface area contributed by atoms with E-state index in [1.165, 1.54) is 14.2 Å². The SMILES string of the molecule is COC(=O)CC(NC(=O)C1OC(OC2C(OC3CC[C@@]4(C)C(CC[C@]5(C)C4C(=O)C=C4C6C[C@@](C)(C(=O)NC(CC(=O)OC)C(=O)OC)CC[C@]6(C)CC[C@]45C)C3(C)C)OC(C(=O)NC(CC(=O)OC)C(=O)OC)C(O)C2O)C(O)C(O)C1O)C(=O)OC. The molecule has 17 unspecified atom stereocenters. The molecule has 0 aromatic carbocycles. The molecular formula is C60H89N3O25. The normalized spacial score (nSPS) is 39.2. The van der Waals surface area contributed by atoms with Crippen molar-refractivity contribution in [2.75, 3.05) is 42.7 Å². The molecular weight excluding hydrogens is 1160 g/mol. The first-order chi connectivity index (χ1) is 41.1. The first kappa shape index (κ1) is 69.7. The zero-order valence-corrected chi connectivity index (χ0v) is 52.3. The van der Waals surface area contributed by atoms with Crippen molar-refractivity contribution >= 4 is 59.3 Å². The van der Waals surface area contributed by atoms with Crippen LogP contribution in [0.3, 0.4) is 0 Å². The van der Waals surface area contributed by atoms with E-state index >= 15 is 4.79 Å². The van der Waals surface area contributed by atoms with Crippen molar-refractivity contribution in [2.24, 2.45) is 50.2 Å². The third kappa shape index (κ3) is 12.8. The number of fused-ring (bicyclic) bond motifs is 7. The molecule has 7 rings (SSSR count). The van der Waals surface area contributed by atoms with E-state index in [9.17, 15) is 68.7 Å². The lowest BCUT2D eigenvalue weighted by atomic mass is 9.33. The van der Waals surface area contributed by atoms with E-state index in [4.69, 9.17) is 37.9 Å². The number of amides is 3. The number of ketones is 1. The summed E-state index contributed by atoms with van der Waals surface area (Å²) >= 11 is 0. The van der Waals surface area contributed by atoms with Crippen LogP contribution >= 0.6 is 0 Å². The fourth-order valence-electron chi connectivity index (χ4n) is 16.0. The number of carbonyl (C=O) groups is 10. The average Bonchev–Trinajstić information content (AvgIpc) is 0.686. The van der Waals surface area contributed by atoms with Gasteiger partial charge in [0.05, 0.1) is 68.0 Å². The van der Waals surface area contributed by atoms with Gasteiger partial charge in [0.25, 0.3) is 11.8 Å². The van der Waals surface area contributed by atoms with Gasteiger partial charge in [-0.25, -0.2) is 14.4 Å². The zero-order chi connectivity index (χ0) is 65.6. The quantitative estimate of drug-likeness (QED) is 0.0466. The molecule has 0 bridgehead atoms. The molecule has 6 fully saturated rings. The van der Waals surface area contributed by atoms with Crippen molar-refractivity contribution in [2.45, 2.75) is 211 Å². The molecule has 0 spiro atoms. The van der Waals surface area contributed by atoms with Crippen LogP contribution in [0.1, 0.15) is 126 Å². The van der Waals surface area contributed by atoms with Gasteiger partial charge in [-0.05, 0) is 103 Å². The number of methoxy groups -OCH3 is 6. The first-order valence-corrected chi connectivity index (χ1v) is 29.7. The molecule has 3 amide bonds. The summed E-state index contributed by atoms with van der Waals surface area (Å²) in [6, 6.07) is -4.64. The Morgan fingerprint density at radius 1 is 0.557 bits per heavy atom. The summed E-state index contributed by atoms with van der Waals surface area (Å²) in [7, 11) is 6.40. The van der Waals surface area contributed by atoms with Crippen LogP contribution in [0.4, 0.5) is 0 Å². The number of carbonyl (C=O) groups excluding carboxylic acids is 10. The lowest BCUT2D eigenvalue weighted by molar-refractivity contribution is -0.369. The van der Waals surface area contributed by atoms with Gasteiger partial charge in [0.15, 0.2) is 30.6 Å². The maximum atomic E-state index is 15.5. The zero-order valence-electron chi connectivity index (χ0n) is 52.3. The summed E-state index contributed by atoms with van der Waals surface area (Å²) in [5, 5.41) is 64.6. The second kappa shape index (κ2) is 26.6. The molecule has 2 saturated heterocycles. The van der Waals surface area contributed by atoms with E-state index in [0.717, 1.165) is 46.9 Å². The Hall–Kier alpha value is -5.72. The Morgan fingerprint density at radius 2 is 1.03 bits per heavy atom. The highest BCUT2D eigenvalue weighted by molar-refractivity contribution is 5.96. The Morgan fingerprint density at radius 3 is 1.53 bits per heavy atom. The summed E-state index contributed by atoms with van der Waals surface area (Å²) in [6.07, 6.45) is -17.5. The number of aliphatic hydroxyl groups excluding tert-OH is 5. The number of aliphatic hydroxyl groups is 5. The molecule has 7 aliphatic rings. The van der Waals surface area contributed by atoms with Crippen molar-refractivity contribution in [1.29, 1.82) is 0 Å². The van der Waals surface area contributed by atoms with Crippen molar-refractivity contribution < 1.29 is 121 Å². The second-order valence-electron chi connectivity index (χ2n) is 26.7. The van der Waals surface area contributed by atoms with E-state index < -0.39 is 191 Å². The lowest BCUT2D eigenvalue weighted by Gasteiger charge is -2.70. The minimum Gasteiger partial charge on any atom is -0.469 e. The van der Waals surface area contributed by atoms with Crippen molar-refractivity contribution in [3.8, 4) is 0 Å². The summed E-state index contributed by atoms with van der Waals surface area (Å²) in [5.74, 6) is -9.54. The summed E-state index contributed by atoms with van der Waals surface area (Å²) in [6.45, 7) is 14.5. The van der Waals surface area contributed by atoms with Gasteiger partial charge in [-0.15, -0.1) is 0 Å². The van der Waals surface area contributed by atoms with Gasteiger partial charge in [0.1, 0.15) is 54.7 Å². The predicted octanol–water partition coefficient (Wildman–Crippen LogP) is -0.345. The van der Waals surface area contributed by atoms with Gasteiger partial charge in [0, 0.05) is 11.3 Å². The van der Waals surface area contributed by atoms with Gasteiger partial charge in [-0.1, -0.05) is 54.0 Å². The van der Waals surface area contributed by atoms with Crippen LogP contribution < -0.4 is 16.0 Å². The average molecular weight is 1250 g/mol. The Bertz CT molecular complexity index is 2740. The maximum Gasteiger partial charge on any atom is 0.328 e. The molecule has 0 aromatic heterocycles. The largest absolute Gasteiger partial charge is 0.469 e. The molecule has 88 heavy (non-hydrogen) atoms. The molecule has 2 aliphatic heterocycles. The second-order valence-corrected chi connectivity index (χ2v) is 26.7. The first-order valence-electron chi connectivity index (χ1n) is 29.7. The lowest BCUT2D eigenvalue weighted by Crippen LogP contribution is -2.69. The highest BCUT2D eigenvalue weighted by Gasteiger charge is 2.71. The highest BCUT2D eigenvalue weighted by atomic mass is 16.8. The van der Waals surface area contributed by atoms with Gasteiger partial charge >= 0.3 is 35.8 Å². The molecule has 494 valence electrons. The smallest absolute Gasteiger partial charge is 0.328 e. The van der Waals surface area contributed by atoms with Crippen LogP contribution in [-0.2, 0) is 95.3 Å². The molecule has 4 saturated carbocycles. The van der Waals surface area contributed by atoms with Crippen LogP contribution in [0.25, 0.3) is 0 Å². The Kier molecular flexibility index (Phi) is 21.1. The third-order valence-electron chi connectivity index (χ3n) is 21.5. The van der Waals surface area contributed by atoms with Crippen molar-refractivity contribution in [3.63, 3.8) is 0 Å². The summed E-state index contributed by atoms with van der Waals surface area (Å²) < 4.78 is 53.4. The van der Waals surface area contributed by atoms with Crippen molar-refractivity contribution in [3.05, 3.63) is 11.6 Å².